The van der Waals surface area contributed by atoms with Crippen LogP contribution in [0.4, 0.5) is 0 Å². The summed E-state index contributed by atoms with van der Waals surface area (Å²) in [6.45, 7) is 1.91. The zero-order chi connectivity index (χ0) is 13.7. The fraction of sp³-hybridized carbons (Fsp3) is 0.533. The van der Waals surface area contributed by atoms with Gasteiger partial charge in [-0.2, -0.15) is 5.26 Å². The molecule has 1 aromatic carbocycles. The first-order valence-corrected chi connectivity index (χ1v) is 7.71. The summed E-state index contributed by atoms with van der Waals surface area (Å²) in [6.07, 6.45) is 2.59. The van der Waals surface area contributed by atoms with E-state index in [9.17, 15) is 5.26 Å². The SMILES string of the molecule is CN(C)CCSc1ccc(CNC2CC2)cc1C#N. The quantitative estimate of drug-likeness (QED) is 0.776. The number of hydrogen-bond acceptors (Lipinski definition) is 4. The van der Waals surface area contributed by atoms with E-state index in [4.69, 9.17) is 0 Å². The lowest BCUT2D eigenvalue weighted by Crippen LogP contribution is -2.15. The smallest absolute Gasteiger partial charge is 0.100 e. The van der Waals surface area contributed by atoms with Crippen LogP contribution in [0.2, 0.25) is 0 Å². The van der Waals surface area contributed by atoms with E-state index in [1.165, 1.54) is 18.4 Å². The monoisotopic (exact) mass is 275 g/mol. The van der Waals surface area contributed by atoms with Crippen molar-refractivity contribution in [3.8, 4) is 6.07 Å². The highest BCUT2D eigenvalue weighted by Gasteiger charge is 2.20. The van der Waals surface area contributed by atoms with E-state index in [2.05, 4.69) is 42.5 Å². The van der Waals surface area contributed by atoms with Gasteiger partial charge in [0.25, 0.3) is 0 Å². The molecule has 0 aromatic heterocycles. The third-order valence-corrected chi connectivity index (χ3v) is 4.19. The van der Waals surface area contributed by atoms with Crippen LogP contribution in [0, 0.1) is 11.3 Å². The van der Waals surface area contributed by atoms with Gasteiger partial charge in [-0.3, -0.25) is 0 Å². The van der Waals surface area contributed by atoms with Crippen LogP contribution in [0.15, 0.2) is 23.1 Å². The third kappa shape index (κ3) is 4.87. The lowest BCUT2D eigenvalue weighted by atomic mass is 10.1. The molecule has 2 rings (SSSR count). The Bertz CT molecular complexity index is 461. The Hall–Kier alpha value is -1.02. The maximum atomic E-state index is 9.25. The minimum absolute atomic E-state index is 0.708. The number of nitrogens with one attached hydrogen (secondary N) is 1. The van der Waals surface area contributed by atoms with Gasteiger partial charge in [-0.1, -0.05) is 6.07 Å². The lowest BCUT2D eigenvalue weighted by molar-refractivity contribution is 0.437. The molecule has 3 nitrogen and oxygen atoms in total. The number of hydrogen-bond donors (Lipinski definition) is 1. The molecule has 0 radical (unpaired) electrons. The second-order valence-electron chi connectivity index (χ2n) is 5.25. The van der Waals surface area contributed by atoms with Crippen LogP contribution in [0.5, 0.6) is 0 Å². The fourth-order valence-corrected chi connectivity index (χ4v) is 2.89. The van der Waals surface area contributed by atoms with E-state index in [0.717, 1.165) is 29.3 Å². The van der Waals surface area contributed by atoms with Gasteiger partial charge in [-0.05, 0) is 44.6 Å². The zero-order valence-electron chi connectivity index (χ0n) is 11.6. The maximum absolute atomic E-state index is 9.25. The maximum Gasteiger partial charge on any atom is 0.100 e. The van der Waals surface area contributed by atoms with Crippen LogP contribution in [-0.2, 0) is 6.54 Å². The predicted molar refractivity (Wildman–Crippen MR) is 80.3 cm³/mol. The van der Waals surface area contributed by atoms with Gasteiger partial charge in [0.15, 0.2) is 0 Å². The normalized spacial score (nSPS) is 14.6. The van der Waals surface area contributed by atoms with Crippen LogP contribution in [-0.4, -0.2) is 37.3 Å². The summed E-state index contributed by atoms with van der Waals surface area (Å²) in [4.78, 5) is 3.26. The number of benzene rings is 1. The van der Waals surface area contributed by atoms with Gasteiger partial charge in [-0.25, -0.2) is 0 Å². The standard InChI is InChI=1S/C15H21N3S/c1-18(2)7-8-19-15-6-3-12(9-13(15)10-16)11-17-14-4-5-14/h3,6,9,14,17H,4-5,7-8,11H2,1-2H3. The van der Waals surface area contributed by atoms with Crippen molar-refractivity contribution < 1.29 is 0 Å². The molecule has 0 saturated heterocycles. The van der Waals surface area contributed by atoms with Gasteiger partial charge in [0.05, 0.1) is 5.56 Å². The van der Waals surface area contributed by atoms with E-state index in [1.54, 1.807) is 11.8 Å². The van der Waals surface area contributed by atoms with Crippen molar-refractivity contribution >= 4 is 11.8 Å². The summed E-state index contributed by atoms with van der Waals surface area (Å²) in [7, 11) is 4.14. The van der Waals surface area contributed by atoms with Gasteiger partial charge in [0.2, 0.25) is 0 Å². The molecule has 0 atom stereocenters. The van der Waals surface area contributed by atoms with Crippen molar-refractivity contribution in [1.82, 2.24) is 10.2 Å². The van der Waals surface area contributed by atoms with Gasteiger partial charge in [-0.15, -0.1) is 11.8 Å². The molecule has 1 fully saturated rings. The van der Waals surface area contributed by atoms with Gasteiger partial charge < -0.3 is 10.2 Å². The Kier molecular flexibility index (Phi) is 5.26. The topological polar surface area (TPSA) is 39.1 Å². The Balaban J connectivity index is 1.93. The molecule has 1 saturated carbocycles. The van der Waals surface area contributed by atoms with E-state index in [0.29, 0.717) is 6.04 Å². The molecule has 0 unspecified atom stereocenters. The average Bonchev–Trinajstić information content (AvgIpc) is 3.21. The lowest BCUT2D eigenvalue weighted by Gasteiger charge is -2.10. The Morgan fingerprint density at radius 3 is 2.84 bits per heavy atom. The summed E-state index contributed by atoms with van der Waals surface area (Å²) in [6, 6.07) is 9.26. The minimum Gasteiger partial charge on any atom is -0.310 e. The molecule has 1 aromatic rings. The molecule has 0 heterocycles. The Morgan fingerprint density at radius 1 is 1.42 bits per heavy atom. The molecule has 0 spiro atoms. The molecule has 1 aliphatic rings. The largest absolute Gasteiger partial charge is 0.310 e. The van der Waals surface area contributed by atoms with Gasteiger partial charge >= 0.3 is 0 Å². The summed E-state index contributed by atoms with van der Waals surface area (Å²) in [5.74, 6) is 1.02. The molecule has 1 aliphatic carbocycles. The van der Waals surface area contributed by atoms with Crippen molar-refractivity contribution in [3.05, 3.63) is 29.3 Å². The van der Waals surface area contributed by atoms with Gasteiger partial charge in [0, 0.05) is 29.8 Å². The number of rotatable bonds is 7. The van der Waals surface area contributed by atoms with Crippen molar-refractivity contribution in [2.45, 2.75) is 30.3 Å². The number of nitriles is 1. The predicted octanol–water partition coefficient (Wildman–Crippen LogP) is 2.46. The molecule has 0 bridgehead atoms. The number of thioether (sulfide) groups is 1. The highest BCUT2D eigenvalue weighted by molar-refractivity contribution is 7.99. The second-order valence-corrected chi connectivity index (χ2v) is 6.39. The van der Waals surface area contributed by atoms with E-state index in [1.807, 2.05) is 6.07 Å². The van der Waals surface area contributed by atoms with Crippen LogP contribution < -0.4 is 5.32 Å². The first-order chi connectivity index (χ1) is 9.19. The second kappa shape index (κ2) is 6.95. The highest BCUT2D eigenvalue weighted by Crippen LogP contribution is 2.24. The van der Waals surface area contributed by atoms with Crippen LogP contribution in [0.3, 0.4) is 0 Å². The number of nitrogens with zero attached hydrogens (tertiary/aromatic N) is 2. The zero-order valence-corrected chi connectivity index (χ0v) is 12.5. The van der Waals surface area contributed by atoms with Crippen molar-refractivity contribution in [1.29, 1.82) is 5.26 Å². The summed E-state index contributed by atoms with van der Waals surface area (Å²) >= 11 is 1.76. The molecule has 19 heavy (non-hydrogen) atoms. The molecule has 102 valence electrons. The van der Waals surface area contributed by atoms with Crippen molar-refractivity contribution in [2.75, 3.05) is 26.4 Å². The third-order valence-electron chi connectivity index (χ3n) is 3.13. The Morgan fingerprint density at radius 2 is 2.21 bits per heavy atom. The Labute approximate surface area is 120 Å². The molecule has 4 heteroatoms. The summed E-state index contributed by atoms with van der Waals surface area (Å²) in [5, 5.41) is 12.7. The van der Waals surface area contributed by atoms with Crippen molar-refractivity contribution in [2.24, 2.45) is 0 Å². The molecule has 0 aliphatic heterocycles. The van der Waals surface area contributed by atoms with E-state index >= 15 is 0 Å². The first-order valence-electron chi connectivity index (χ1n) is 6.73. The minimum atomic E-state index is 0.708. The van der Waals surface area contributed by atoms with Crippen LogP contribution in [0.1, 0.15) is 24.0 Å². The molecule has 1 N–H and O–H groups in total. The molecular weight excluding hydrogens is 254 g/mol. The van der Waals surface area contributed by atoms with Crippen LogP contribution >= 0.6 is 11.8 Å². The summed E-state index contributed by atoms with van der Waals surface area (Å²) < 4.78 is 0. The van der Waals surface area contributed by atoms with Gasteiger partial charge in [0.1, 0.15) is 6.07 Å². The highest BCUT2D eigenvalue weighted by atomic mass is 32.2. The van der Waals surface area contributed by atoms with E-state index in [-0.39, 0.29) is 0 Å². The first kappa shape index (κ1) is 14.4. The molecule has 0 amide bonds. The van der Waals surface area contributed by atoms with Crippen LogP contribution in [0.25, 0.3) is 0 Å². The fourth-order valence-electron chi connectivity index (χ4n) is 1.79. The average molecular weight is 275 g/mol. The van der Waals surface area contributed by atoms with Crippen molar-refractivity contribution in [3.63, 3.8) is 0 Å². The summed E-state index contributed by atoms with van der Waals surface area (Å²) in [5.41, 5.74) is 2.01. The van der Waals surface area contributed by atoms with E-state index < -0.39 is 0 Å². The molecular formula is C15H21N3S.